The number of nitrogens with zero attached hydrogens (tertiary/aromatic N) is 1. The Hall–Kier alpha value is -1.71. The standard InChI is InChI=1S/C16H16Cl2N2O/c1-11(2)21-14-5-3-4-12(8-14)10-19-20-13-6-7-15(17)16(18)9-13/h3-11,20H,1-2H3. The first-order chi connectivity index (χ1) is 10.0. The quantitative estimate of drug-likeness (QED) is 0.604. The largest absolute Gasteiger partial charge is 0.491 e. The minimum Gasteiger partial charge on any atom is -0.491 e. The van der Waals surface area contributed by atoms with Gasteiger partial charge >= 0.3 is 0 Å². The Kier molecular flexibility index (Phi) is 5.48. The summed E-state index contributed by atoms with van der Waals surface area (Å²) < 4.78 is 5.63. The second-order valence-corrected chi connectivity index (χ2v) is 5.55. The molecule has 0 unspecified atom stereocenters. The van der Waals surface area contributed by atoms with Crippen LogP contribution in [0.1, 0.15) is 19.4 Å². The van der Waals surface area contributed by atoms with Gasteiger partial charge in [-0.15, -0.1) is 0 Å². The molecule has 3 nitrogen and oxygen atoms in total. The summed E-state index contributed by atoms with van der Waals surface area (Å²) in [5, 5.41) is 5.18. The first-order valence-corrected chi connectivity index (χ1v) is 7.31. The fraction of sp³-hybridized carbons (Fsp3) is 0.188. The van der Waals surface area contributed by atoms with Gasteiger partial charge in [-0.3, -0.25) is 5.43 Å². The van der Waals surface area contributed by atoms with Crippen molar-refractivity contribution in [2.75, 3.05) is 5.43 Å². The van der Waals surface area contributed by atoms with Crippen LogP contribution in [-0.2, 0) is 0 Å². The number of nitrogens with one attached hydrogen (secondary N) is 1. The number of hydrogen-bond donors (Lipinski definition) is 1. The zero-order valence-corrected chi connectivity index (χ0v) is 13.3. The molecule has 0 saturated carbocycles. The third kappa shape index (κ3) is 4.96. The van der Waals surface area contributed by atoms with Crippen LogP contribution < -0.4 is 10.2 Å². The molecular weight excluding hydrogens is 307 g/mol. The van der Waals surface area contributed by atoms with Gasteiger partial charge in [-0.1, -0.05) is 35.3 Å². The van der Waals surface area contributed by atoms with E-state index in [2.05, 4.69) is 10.5 Å². The minimum atomic E-state index is 0.145. The Labute approximate surface area is 134 Å². The third-order valence-corrected chi connectivity index (χ3v) is 3.30. The maximum atomic E-state index is 5.94. The summed E-state index contributed by atoms with van der Waals surface area (Å²) in [7, 11) is 0. The average molecular weight is 323 g/mol. The highest BCUT2D eigenvalue weighted by Gasteiger charge is 1.99. The summed E-state index contributed by atoms with van der Waals surface area (Å²) in [6.45, 7) is 3.99. The van der Waals surface area contributed by atoms with E-state index in [1.54, 1.807) is 18.3 Å². The smallest absolute Gasteiger partial charge is 0.120 e. The van der Waals surface area contributed by atoms with Crippen molar-refractivity contribution in [1.82, 2.24) is 0 Å². The van der Waals surface area contributed by atoms with Crippen molar-refractivity contribution in [3.63, 3.8) is 0 Å². The molecule has 0 saturated heterocycles. The van der Waals surface area contributed by atoms with Crippen molar-refractivity contribution in [2.45, 2.75) is 20.0 Å². The summed E-state index contributed by atoms with van der Waals surface area (Å²) in [6.07, 6.45) is 1.86. The second kappa shape index (κ2) is 7.34. The number of ether oxygens (including phenoxy) is 1. The molecule has 0 radical (unpaired) electrons. The fourth-order valence-corrected chi connectivity index (χ4v) is 1.99. The number of halogens is 2. The van der Waals surface area contributed by atoms with E-state index < -0.39 is 0 Å². The van der Waals surface area contributed by atoms with Crippen LogP contribution in [0, 0.1) is 0 Å². The molecule has 0 aliphatic heterocycles. The van der Waals surface area contributed by atoms with Crippen LogP contribution >= 0.6 is 23.2 Å². The molecule has 0 fully saturated rings. The number of benzene rings is 2. The van der Waals surface area contributed by atoms with E-state index in [9.17, 15) is 0 Å². The predicted octanol–water partition coefficient (Wildman–Crippen LogP) is 5.23. The van der Waals surface area contributed by atoms with Crippen molar-refractivity contribution in [3.8, 4) is 5.75 Å². The van der Waals surface area contributed by atoms with E-state index in [0.29, 0.717) is 10.0 Å². The zero-order chi connectivity index (χ0) is 15.2. The van der Waals surface area contributed by atoms with Crippen LogP contribution in [-0.4, -0.2) is 12.3 Å². The predicted molar refractivity (Wildman–Crippen MR) is 89.9 cm³/mol. The monoisotopic (exact) mass is 322 g/mol. The number of anilines is 1. The third-order valence-electron chi connectivity index (χ3n) is 2.56. The van der Waals surface area contributed by atoms with Crippen molar-refractivity contribution in [3.05, 3.63) is 58.1 Å². The first kappa shape index (κ1) is 15.7. The Morgan fingerprint density at radius 2 is 1.90 bits per heavy atom. The Morgan fingerprint density at radius 3 is 2.62 bits per heavy atom. The second-order valence-electron chi connectivity index (χ2n) is 4.74. The van der Waals surface area contributed by atoms with E-state index in [4.69, 9.17) is 27.9 Å². The van der Waals surface area contributed by atoms with Gasteiger partial charge in [-0.05, 0) is 49.7 Å². The molecule has 2 aromatic carbocycles. The Morgan fingerprint density at radius 1 is 1.10 bits per heavy atom. The molecule has 0 spiro atoms. The summed E-state index contributed by atoms with van der Waals surface area (Å²) in [6, 6.07) is 13.0. The summed E-state index contributed by atoms with van der Waals surface area (Å²) in [5.74, 6) is 0.823. The number of rotatable bonds is 5. The molecule has 0 atom stereocenters. The highest BCUT2D eigenvalue weighted by Crippen LogP contribution is 2.24. The van der Waals surface area contributed by atoms with Gasteiger partial charge in [-0.2, -0.15) is 5.10 Å². The zero-order valence-electron chi connectivity index (χ0n) is 11.8. The average Bonchev–Trinajstić information content (AvgIpc) is 2.42. The van der Waals surface area contributed by atoms with E-state index >= 15 is 0 Å². The van der Waals surface area contributed by atoms with E-state index in [1.165, 1.54) is 0 Å². The van der Waals surface area contributed by atoms with Crippen molar-refractivity contribution in [2.24, 2.45) is 5.10 Å². The van der Waals surface area contributed by atoms with Gasteiger partial charge in [0.2, 0.25) is 0 Å². The minimum absolute atomic E-state index is 0.145. The van der Waals surface area contributed by atoms with Gasteiger partial charge in [0, 0.05) is 0 Å². The molecule has 5 heteroatoms. The molecule has 0 heterocycles. The lowest BCUT2D eigenvalue weighted by Crippen LogP contribution is -2.05. The Balaban J connectivity index is 2.02. The van der Waals surface area contributed by atoms with E-state index in [1.807, 2.05) is 44.2 Å². The first-order valence-electron chi connectivity index (χ1n) is 6.55. The van der Waals surface area contributed by atoms with Crippen LogP contribution in [0.2, 0.25) is 10.0 Å². The number of hydrazone groups is 1. The van der Waals surface area contributed by atoms with E-state index in [0.717, 1.165) is 17.0 Å². The molecule has 0 aliphatic rings. The maximum absolute atomic E-state index is 5.94. The maximum Gasteiger partial charge on any atom is 0.120 e. The molecule has 110 valence electrons. The molecule has 21 heavy (non-hydrogen) atoms. The van der Waals surface area contributed by atoms with Gasteiger partial charge in [0.05, 0.1) is 28.1 Å². The highest BCUT2D eigenvalue weighted by molar-refractivity contribution is 6.42. The number of hydrogen-bond acceptors (Lipinski definition) is 3. The molecular formula is C16H16Cl2N2O. The van der Waals surface area contributed by atoms with Gasteiger partial charge in [0.15, 0.2) is 0 Å². The van der Waals surface area contributed by atoms with Crippen LogP contribution in [0.15, 0.2) is 47.6 Å². The van der Waals surface area contributed by atoms with Gasteiger partial charge < -0.3 is 4.74 Å². The lowest BCUT2D eigenvalue weighted by molar-refractivity contribution is 0.242. The summed E-state index contributed by atoms with van der Waals surface area (Å²) in [4.78, 5) is 0. The fourth-order valence-electron chi connectivity index (χ4n) is 1.69. The summed E-state index contributed by atoms with van der Waals surface area (Å²) in [5.41, 5.74) is 4.63. The van der Waals surface area contributed by atoms with Gasteiger partial charge in [-0.25, -0.2) is 0 Å². The van der Waals surface area contributed by atoms with Crippen LogP contribution in [0.5, 0.6) is 5.75 Å². The van der Waals surface area contributed by atoms with E-state index in [-0.39, 0.29) is 6.10 Å². The molecule has 2 rings (SSSR count). The van der Waals surface area contributed by atoms with Gasteiger partial charge in [0.25, 0.3) is 0 Å². The van der Waals surface area contributed by atoms with Gasteiger partial charge in [0.1, 0.15) is 5.75 Å². The van der Waals surface area contributed by atoms with Crippen molar-refractivity contribution in [1.29, 1.82) is 0 Å². The van der Waals surface area contributed by atoms with Crippen molar-refractivity contribution < 1.29 is 4.74 Å². The molecule has 0 bridgehead atoms. The molecule has 2 aromatic rings. The van der Waals surface area contributed by atoms with Crippen LogP contribution in [0.4, 0.5) is 5.69 Å². The van der Waals surface area contributed by atoms with Crippen molar-refractivity contribution >= 4 is 35.1 Å². The summed E-state index contributed by atoms with van der Waals surface area (Å²) >= 11 is 11.8. The normalized spacial score (nSPS) is 11.1. The lowest BCUT2D eigenvalue weighted by atomic mass is 10.2. The van der Waals surface area contributed by atoms with Crippen LogP contribution in [0.25, 0.3) is 0 Å². The molecule has 0 aliphatic carbocycles. The SMILES string of the molecule is CC(C)Oc1cccc(C=NNc2ccc(Cl)c(Cl)c2)c1. The topological polar surface area (TPSA) is 33.6 Å². The molecule has 0 aromatic heterocycles. The highest BCUT2D eigenvalue weighted by atomic mass is 35.5. The molecule has 1 N–H and O–H groups in total. The lowest BCUT2D eigenvalue weighted by Gasteiger charge is -2.09. The Bertz CT molecular complexity index is 642. The molecule has 0 amide bonds. The van der Waals surface area contributed by atoms with Crippen LogP contribution in [0.3, 0.4) is 0 Å².